The number of rotatable bonds is 9. The van der Waals surface area contributed by atoms with E-state index in [2.05, 4.69) is 27.6 Å². The molecule has 1 amide bonds. The second kappa shape index (κ2) is 10.3. The Morgan fingerprint density at radius 1 is 1.17 bits per heavy atom. The molecule has 0 fully saturated rings. The number of carbonyl (C=O) groups is 2. The smallest absolute Gasteiger partial charge is 0.356 e. The molecular weight excluding hydrogens is 448 g/mol. The van der Waals surface area contributed by atoms with Gasteiger partial charge in [-0.2, -0.15) is 5.10 Å². The minimum atomic E-state index is -0.572. The third kappa shape index (κ3) is 5.11. The maximum atomic E-state index is 13.0. The van der Waals surface area contributed by atoms with Crippen LogP contribution in [0.3, 0.4) is 0 Å². The van der Waals surface area contributed by atoms with Gasteiger partial charge in [-0.25, -0.2) is 9.78 Å². The van der Waals surface area contributed by atoms with Gasteiger partial charge in [-0.05, 0) is 49.7 Å². The predicted octanol–water partition coefficient (Wildman–Crippen LogP) is 3.71. The Hall–Kier alpha value is -4.34. The molecule has 0 radical (unpaired) electrons. The number of amides is 1. The highest BCUT2D eigenvalue weighted by atomic mass is 16.5. The zero-order valence-corrected chi connectivity index (χ0v) is 20.1. The summed E-state index contributed by atoms with van der Waals surface area (Å²) in [6.07, 6.45) is 6.24. The summed E-state index contributed by atoms with van der Waals surface area (Å²) in [5.41, 5.74) is 2.29. The Kier molecular flexibility index (Phi) is 7.00. The first-order valence-electron chi connectivity index (χ1n) is 11.2. The molecule has 4 aromatic rings. The van der Waals surface area contributed by atoms with Crippen LogP contribution in [-0.4, -0.2) is 51.5 Å². The minimum Gasteiger partial charge on any atom is -0.497 e. The lowest BCUT2D eigenvalue weighted by atomic mass is 10.1. The van der Waals surface area contributed by atoms with Crippen LogP contribution in [0.1, 0.15) is 34.2 Å². The van der Waals surface area contributed by atoms with E-state index in [1.54, 1.807) is 55.4 Å². The summed E-state index contributed by atoms with van der Waals surface area (Å²) in [7, 11) is 4.58. The Morgan fingerprint density at radius 2 is 1.94 bits per heavy atom. The number of aryl methyl sites for hydroxylation is 2. The quantitative estimate of drug-likeness (QED) is 0.354. The molecule has 3 heterocycles. The molecule has 0 saturated heterocycles. The number of nitrogens with one attached hydrogen (secondary N) is 2. The van der Waals surface area contributed by atoms with Gasteiger partial charge in [0, 0.05) is 43.0 Å². The van der Waals surface area contributed by atoms with Gasteiger partial charge in [0.2, 0.25) is 0 Å². The fourth-order valence-corrected chi connectivity index (χ4v) is 3.89. The van der Waals surface area contributed by atoms with Gasteiger partial charge in [0.1, 0.15) is 11.4 Å². The highest BCUT2D eigenvalue weighted by Crippen LogP contribution is 2.32. The fraction of sp³-hybridized carbons (Fsp3) is 0.280. The van der Waals surface area contributed by atoms with Crippen molar-refractivity contribution in [3.8, 4) is 5.75 Å². The number of esters is 1. The van der Waals surface area contributed by atoms with Crippen LogP contribution in [0.5, 0.6) is 5.75 Å². The molecule has 2 N–H and O–H groups in total. The van der Waals surface area contributed by atoms with E-state index >= 15 is 0 Å². The highest BCUT2D eigenvalue weighted by molar-refractivity contribution is 6.14. The molecule has 0 saturated carbocycles. The average molecular weight is 477 g/mol. The molecule has 35 heavy (non-hydrogen) atoms. The number of hydrogen-bond donors (Lipinski definition) is 2. The van der Waals surface area contributed by atoms with Crippen LogP contribution in [-0.2, 0) is 18.3 Å². The number of carbonyl (C=O) groups excluding carboxylic acids is 2. The summed E-state index contributed by atoms with van der Waals surface area (Å²) in [6.45, 7) is 2.85. The number of ether oxygens (including phenoxy) is 2. The second-order valence-corrected chi connectivity index (χ2v) is 8.16. The topological polar surface area (TPSA) is 112 Å². The van der Waals surface area contributed by atoms with E-state index in [0.29, 0.717) is 28.0 Å². The number of nitrogens with zero attached hydrogens (tertiary/aromatic N) is 4. The third-order valence-corrected chi connectivity index (χ3v) is 5.76. The lowest BCUT2D eigenvalue weighted by molar-refractivity contribution is 0.0591. The molecule has 0 aliphatic carbocycles. The van der Waals surface area contributed by atoms with Gasteiger partial charge in [-0.1, -0.05) is 0 Å². The Bertz CT molecular complexity index is 1330. The summed E-state index contributed by atoms with van der Waals surface area (Å²) in [5.74, 6) is -0.294. The molecule has 0 unspecified atom stereocenters. The highest BCUT2D eigenvalue weighted by Gasteiger charge is 2.25. The first kappa shape index (κ1) is 23.8. The predicted molar refractivity (Wildman–Crippen MR) is 133 cm³/mol. The summed E-state index contributed by atoms with van der Waals surface area (Å²) in [6, 6.07) is 10.6. The molecule has 0 aliphatic rings. The van der Waals surface area contributed by atoms with Crippen molar-refractivity contribution in [3.63, 3.8) is 0 Å². The van der Waals surface area contributed by atoms with Crippen LogP contribution >= 0.6 is 0 Å². The molecule has 0 bridgehead atoms. The maximum Gasteiger partial charge on any atom is 0.356 e. The van der Waals surface area contributed by atoms with Gasteiger partial charge < -0.3 is 24.7 Å². The molecule has 1 atom stereocenters. The van der Waals surface area contributed by atoms with E-state index in [4.69, 9.17) is 9.47 Å². The zero-order chi connectivity index (χ0) is 24.9. The van der Waals surface area contributed by atoms with Crippen molar-refractivity contribution < 1.29 is 19.1 Å². The van der Waals surface area contributed by atoms with Crippen molar-refractivity contribution in [1.29, 1.82) is 0 Å². The number of fused-ring (bicyclic) bond motifs is 1. The molecule has 3 aromatic heterocycles. The zero-order valence-electron chi connectivity index (χ0n) is 20.1. The Balaban J connectivity index is 1.63. The Labute approximate surface area is 202 Å². The number of aromatic nitrogens is 4. The normalized spacial score (nSPS) is 11.8. The van der Waals surface area contributed by atoms with Gasteiger partial charge in [0.15, 0.2) is 5.69 Å². The number of benzene rings is 1. The summed E-state index contributed by atoms with van der Waals surface area (Å²) in [4.78, 5) is 30.2. The molecule has 182 valence electrons. The van der Waals surface area contributed by atoms with Crippen LogP contribution in [0.25, 0.3) is 11.0 Å². The monoisotopic (exact) mass is 476 g/mol. The van der Waals surface area contributed by atoms with Crippen molar-refractivity contribution in [2.45, 2.75) is 25.9 Å². The van der Waals surface area contributed by atoms with Crippen LogP contribution in [0.4, 0.5) is 11.4 Å². The van der Waals surface area contributed by atoms with E-state index in [9.17, 15) is 9.59 Å². The molecule has 10 heteroatoms. The SMILES string of the molecule is COC(=O)c1c(NC(=O)c2ccc(OC)cc2)c2cc(N[C@@H](C)CCn3cccn3)cnc2n1C. The molecule has 0 spiro atoms. The standard InChI is InChI=1S/C25H28N6O4/c1-16(10-13-31-12-5-11-27-31)28-18-14-20-21(22(25(33)35-4)30(2)23(20)26-15-18)29-24(32)17-6-8-19(34-3)9-7-17/h5-9,11-12,14-16,28H,10,13H2,1-4H3,(H,29,32)/t16-/m0/s1. The van der Waals surface area contributed by atoms with Crippen LogP contribution in [0.2, 0.25) is 0 Å². The molecular formula is C25H28N6O4. The van der Waals surface area contributed by atoms with E-state index in [0.717, 1.165) is 18.7 Å². The average Bonchev–Trinajstić information content (AvgIpc) is 3.49. The molecule has 0 aliphatic heterocycles. The van der Waals surface area contributed by atoms with Crippen LogP contribution in [0.15, 0.2) is 55.0 Å². The maximum absolute atomic E-state index is 13.0. The van der Waals surface area contributed by atoms with Crippen molar-refractivity contribution in [2.75, 3.05) is 24.9 Å². The van der Waals surface area contributed by atoms with Crippen molar-refractivity contribution in [1.82, 2.24) is 19.3 Å². The minimum absolute atomic E-state index is 0.139. The van der Waals surface area contributed by atoms with Crippen molar-refractivity contribution in [3.05, 3.63) is 66.2 Å². The Morgan fingerprint density at radius 3 is 2.60 bits per heavy atom. The fourth-order valence-electron chi connectivity index (χ4n) is 3.89. The van der Waals surface area contributed by atoms with Gasteiger partial charge in [0.05, 0.1) is 31.8 Å². The number of methoxy groups -OCH3 is 2. The molecule has 1 aromatic carbocycles. The van der Waals surface area contributed by atoms with Crippen LogP contribution < -0.4 is 15.4 Å². The van der Waals surface area contributed by atoms with Gasteiger partial charge in [-0.3, -0.25) is 9.48 Å². The molecule has 10 nitrogen and oxygen atoms in total. The first-order chi connectivity index (χ1) is 16.9. The van der Waals surface area contributed by atoms with Crippen molar-refractivity contribution in [2.24, 2.45) is 7.05 Å². The third-order valence-electron chi connectivity index (χ3n) is 5.76. The number of hydrogen-bond acceptors (Lipinski definition) is 7. The van der Waals surface area contributed by atoms with E-state index in [-0.39, 0.29) is 17.6 Å². The molecule has 4 rings (SSSR count). The largest absolute Gasteiger partial charge is 0.497 e. The lowest BCUT2D eigenvalue weighted by Gasteiger charge is -2.15. The first-order valence-corrected chi connectivity index (χ1v) is 11.2. The lowest BCUT2D eigenvalue weighted by Crippen LogP contribution is -2.18. The summed E-state index contributed by atoms with van der Waals surface area (Å²) in [5, 5.41) is 11.2. The van der Waals surface area contributed by atoms with E-state index in [1.807, 2.05) is 23.0 Å². The van der Waals surface area contributed by atoms with Crippen LogP contribution in [0, 0.1) is 0 Å². The second-order valence-electron chi connectivity index (χ2n) is 8.16. The summed E-state index contributed by atoms with van der Waals surface area (Å²) >= 11 is 0. The van der Waals surface area contributed by atoms with Crippen molar-refractivity contribution >= 4 is 34.3 Å². The summed E-state index contributed by atoms with van der Waals surface area (Å²) < 4.78 is 13.6. The van der Waals surface area contributed by atoms with E-state index in [1.165, 1.54) is 7.11 Å². The van der Waals surface area contributed by atoms with E-state index < -0.39 is 5.97 Å². The number of pyridine rings is 1. The van der Waals surface area contributed by atoms with Gasteiger partial charge >= 0.3 is 5.97 Å². The van der Waals surface area contributed by atoms with Gasteiger partial charge in [0.25, 0.3) is 5.91 Å². The van der Waals surface area contributed by atoms with Gasteiger partial charge in [-0.15, -0.1) is 0 Å². The number of anilines is 2.